The molecule has 0 atom stereocenters. The summed E-state index contributed by atoms with van der Waals surface area (Å²) in [5.41, 5.74) is -0.247. The minimum Gasteiger partial charge on any atom is -0.396 e. The zero-order chi connectivity index (χ0) is 14.4. The average Bonchev–Trinajstić information content (AvgIpc) is 2.39. The smallest absolute Gasteiger partial charge is 0.259 e. The predicted octanol–water partition coefficient (Wildman–Crippen LogP) is 2.51. The summed E-state index contributed by atoms with van der Waals surface area (Å²) in [7, 11) is 1.52. The molecule has 0 aliphatic carbocycles. The third kappa shape index (κ3) is 3.99. The van der Waals surface area contributed by atoms with Gasteiger partial charge < -0.3 is 10.0 Å². The Balaban J connectivity index is 2.74. The number of aliphatic hydroxyl groups is 1. The van der Waals surface area contributed by atoms with Crippen LogP contribution in [0.4, 0.5) is 8.78 Å². The van der Waals surface area contributed by atoms with E-state index in [4.69, 9.17) is 5.11 Å². The number of unbranched alkanes of at least 4 members (excludes halogenated alkanes) is 2. The lowest BCUT2D eigenvalue weighted by Crippen LogP contribution is -2.29. The van der Waals surface area contributed by atoms with Gasteiger partial charge in [0.2, 0.25) is 0 Å². The van der Waals surface area contributed by atoms with Crippen LogP contribution < -0.4 is 0 Å². The number of aryl methyl sites for hydroxylation is 1. The second-order valence-corrected chi connectivity index (χ2v) is 4.56. The van der Waals surface area contributed by atoms with Crippen molar-refractivity contribution < 1.29 is 18.7 Å². The van der Waals surface area contributed by atoms with Crippen LogP contribution >= 0.6 is 0 Å². The molecule has 106 valence electrons. The molecule has 0 aliphatic heterocycles. The van der Waals surface area contributed by atoms with Crippen molar-refractivity contribution in [2.75, 3.05) is 20.2 Å². The zero-order valence-corrected chi connectivity index (χ0v) is 11.2. The van der Waals surface area contributed by atoms with Gasteiger partial charge in [-0.05, 0) is 37.8 Å². The molecule has 1 N–H and O–H groups in total. The molecule has 5 heteroatoms. The van der Waals surface area contributed by atoms with E-state index in [1.54, 1.807) is 0 Å². The lowest BCUT2D eigenvalue weighted by molar-refractivity contribution is 0.0782. The Hall–Kier alpha value is -1.49. The van der Waals surface area contributed by atoms with Crippen LogP contribution in [0.5, 0.6) is 0 Å². The first-order valence-electron chi connectivity index (χ1n) is 6.30. The lowest BCUT2D eigenvalue weighted by atomic mass is 10.1. The molecule has 3 nitrogen and oxygen atoms in total. The maximum absolute atomic E-state index is 13.8. The summed E-state index contributed by atoms with van der Waals surface area (Å²) in [5.74, 6) is -2.29. The summed E-state index contributed by atoms with van der Waals surface area (Å²) in [6.45, 7) is 2.01. The van der Waals surface area contributed by atoms with Gasteiger partial charge in [0.1, 0.15) is 17.2 Å². The average molecular weight is 271 g/mol. The quantitative estimate of drug-likeness (QED) is 0.808. The zero-order valence-electron chi connectivity index (χ0n) is 11.2. The second-order valence-electron chi connectivity index (χ2n) is 4.56. The van der Waals surface area contributed by atoms with E-state index in [2.05, 4.69) is 0 Å². The number of aliphatic hydroxyl groups excluding tert-OH is 1. The Bertz CT molecular complexity index is 449. The number of carbonyl (C=O) groups is 1. The van der Waals surface area contributed by atoms with Crippen molar-refractivity contribution in [3.8, 4) is 0 Å². The molecule has 0 saturated carbocycles. The molecule has 1 rings (SSSR count). The Morgan fingerprint density at radius 3 is 2.58 bits per heavy atom. The minimum atomic E-state index is -0.838. The normalized spacial score (nSPS) is 10.6. The molecule has 0 aliphatic rings. The van der Waals surface area contributed by atoms with Crippen LogP contribution in [0.2, 0.25) is 0 Å². The number of nitrogens with zero attached hydrogens (tertiary/aromatic N) is 1. The SMILES string of the molecule is Cc1ccc(F)c(C(=O)N(C)CCCCCO)c1F. The maximum Gasteiger partial charge on any atom is 0.259 e. The van der Waals surface area contributed by atoms with Crippen molar-refractivity contribution in [2.45, 2.75) is 26.2 Å². The van der Waals surface area contributed by atoms with Crippen LogP contribution in [0.25, 0.3) is 0 Å². The first-order chi connectivity index (χ1) is 8.99. The van der Waals surface area contributed by atoms with Crippen molar-refractivity contribution >= 4 is 5.91 Å². The van der Waals surface area contributed by atoms with Crippen molar-refractivity contribution in [1.82, 2.24) is 4.90 Å². The van der Waals surface area contributed by atoms with Gasteiger partial charge in [-0.1, -0.05) is 6.07 Å². The Morgan fingerprint density at radius 1 is 1.26 bits per heavy atom. The highest BCUT2D eigenvalue weighted by molar-refractivity contribution is 5.94. The standard InChI is InChI=1S/C14H19F2NO2/c1-10-6-7-11(15)12(13(10)16)14(19)17(2)8-4-3-5-9-18/h6-7,18H,3-5,8-9H2,1-2H3. The van der Waals surface area contributed by atoms with Gasteiger partial charge in [0.15, 0.2) is 0 Å². The molecule has 0 radical (unpaired) electrons. The topological polar surface area (TPSA) is 40.5 Å². The molecule has 0 saturated heterocycles. The third-order valence-electron chi connectivity index (χ3n) is 3.00. The summed E-state index contributed by atoms with van der Waals surface area (Å²) < 4.78 is 27.4. The van der Waals surface area contributed by atoms with Gasteiger partial charge >= 0.3 is 0 Å². The fourth-order valence-electron chi connectivity index (χ4n) is 1.78. The van der Waals surface area contributed by atoms with E-state index in [0.29, 0.717) is 19.4 Å². The van der Waals surface area contributed by atoms with Crippen molar-refractivity contribution in [3.63, 3.8) is 0 Å². The van der Waals surface area contributed by atoms with Crippen LogP contribution in [-0.4, -0.2) is 36.1 Å². The van der Waals surface area contributed by atoms with Gasteiger partial charge in [0.25, 0.3) is 5.91 Å². The molecule has 19 heavy (non-hydrogen) atoms. The number of amides is 1. The molecule has 1 aromatic rings. The first kappa shape index (κ1) is 15.6. The molecular formula is C14H19F2NO2. The van der Waals surface area contributed by atoms with Gasteiger partial charge in [-0.2, -0.15) is 0 Å². The van der Waals surface area contributed by atoms with Crippen LogP contribution in [-0.2, 0) is 0 Å². The summed E-state index contributed by atoms with van der Waals surface area (Å²) >= 11 is 0. The number of rotatable bonds is 6. The molecule has 1 aromatic carbocycles. The third-order valence-corrected chi connectivity index (χ3v) is 3.00. The van der Waals surface area contributed by atoms with E-state index in [1.807, 2.05) is 0 Å². The highest BCUT2D eigenvalue weighted by atomic mass is 19.1. The number of halogens is 2. The van der Waals surface area contributed by atoms with E-state index in [0.717, 1.165) is 12.5 Å². The largest absolute Gasteiger partial charge is 0.396 e. The maximum atomic E-state index is 13.8. The highest BCUT2D eigenvalue weighted by Crippen LogP contribution is 2.18. The first-order valence-corrected chi connectivity index (χ1v) is 6.30. The lowest BCUT2D eigenvalue weighted by Gasteiger charge is -2.18. The van der Waals surface area contributed by atoms with E-state index >= 15 is 0 Å². The fraction of sp³-hybridized carbons (Fsp3) is 0.500. The Kier molecular flexibility index (Phi) is 5.89. The Morgan fingerprint density at radius 2 is 1.95 bits per heavy atom. The van der Waals surface area contributed by atoms with Gasteiger partial charge in [0.05, 0.1) is 0 Å². The molecule has 1 amide bonds. The van der Waals surface area contributed by atoms with Gasteiger partial charge in [-0.3, -0.25) is 4.79 Å². The molecule has 0 heterocycles. The van der Waals surface area contributed by atoms with E-state index < -0.39 is 23.1 Å². The number of hydrogen-bond acceptors (Lipinski definition) is 2. The number of carbonyl (C=O) groups excluding carboxylic acids is 1. The van der Waals surface area contributed by atoms with Crippen LogP contribution in [0.15, 0.2) is 12.1 Å². The number of hydrogen-bond donors (Lipinski definition) is 1. The van der Waals surface area contributed by atoms with Gasteiger partial charge in [-0.25, -0.2) is 8.78 Å². The summed E-state index contributed by atoms with van der Waals surface area (Å²) in [4.78, 5) is 13.3. The summed E-state index contributed by atoms with van der Waals surface area (Å²) in [6, 6.07) is 2.41. The van der Waals surface area contributed by atoms with Crippen LogP contribution in [0.1, 0.15) is 35.2 Å². The van der Waals surface area contributed by atoms with Crippen LogP contribution in [0, 0.1) is 18.6 Å². The molecule has 0 aromatic heterocycles. The van der Waals surface area contributed by atoms with Crippen molar-refractivity contribution in [3.05, 3.63) is 34.9 Å². The summed E-state index contributed by atoms with van der Waals surface area (Å²) in [6.07, 6.45) is 2.12. The molecule has 0 spiro atoms. The molecule has 0 bridgehead atoms. The van der Waals surface area contributed by atoms with Crippen molar-refractivity contribution in [1.29, 1.82) is 0 Å². The van der Waals surface area contributed by atoms with E-state index in [1.165, 1.54) is 24.9 Å². The van der Waals surface area contributed by atoms with Gasteiger partial charge in [-0.15, -0.1) is 0 Å². The van der Waals surface area contributed by atoms with Gasteiger partial charge in [0, 0.05) is 20.2 Å². The molecule has 0 fully saturated rings. The van der Waals surface area contributed by atoms with Crippen molar-refractivity contribution in [2.24, 2.45) is 0 Å². The van der Waals surface area contributed by atoms with E-state index in [9.17, 15) is 13.6 Å². The summed E-state index contributed by atoms with van der Waals surface area (Å²) in [5, 5.41) is 8.64. The van der Waals surface area contributed by atoms with Crippen LogP contribution in [0.3, 0.4) is 0 Å². The Labute approximate surface area is 111 Å². The van der Waals surface area contributed by atoms with E-state index in [-0.39, 0.29) is 12.2 Å². The highest BCUT2D eigenvalue weighted by Gasteiger charge is 2.21. The fourth-order valence-corrected chi connectivity index (χ4v) is 1.78. The minimum absolute atomic E-state index is 0.110. The monoisotopic (exact) mass is 271 g/mol. The second kappa shape index (κ2) is 7.19. The molecule has 0 unspecified atom stereocenters. The predicted molar refractivity (Wildman–Crippen MR) is 69.0 cm³/mol. The number of benzene rings is 1. The molecular weight excluding hydrogens is 252 g/mol.